The van der Waals surface area contributed by atoms with E-state index in [-0.39, 0.29) is 17.9 Å². The smallest absolute Gasteiger partial charge is 0.328 e. The second-order valence-electron chi connectivity index (χ2n) is 4.62. The van der Waals surface area contributed by atoms with Gasteiger partial charge in [0.2, 0.25) is 5.91 Å². The van der Waals surface area contributed by atoms with E-state index >= 15 is 0 Å². The molecule has 0 spiro atoms. The monoisotopic (exact) mass is 278 g/mol. The number of amides is 1. The Bertz CT molecular complexity index is 460. The number of hydrogen-bond donors (Lipinski definition) is 2. The summed E-state index contributed by atoms with van der Waals surface area (Å²) in [5, 5.41) is 5.86. The summed E-state index contributed by atoms with van der Waals surface area (Å²) < 4.78 is 4.81. The van der Waals surface area contributed by atoms with Crippen LogP contribution in [0.25, 0.3) is 0 Å². The maximum atomic E-state index is 11.7. The highest BCUT2D eigenvalue weighted by Gasteiger charge is 2.18. The van der Waals surface area contributed by atoms with E-state index in [1.54, 1.807) is 12.1 Å². The molecule has 0 radical (unpaired) electrons. The van der Waals surface area contributed by atoms with Gasteiger partial charge in [-0.1, -0.05) is 25.8 Å². The maximum Gasteiger partial charge on any atom is 0.328 e. The SMILES string of the molecule is CCCCC(Nc1cccc(NC(C)=O)c1)C(=O)OC. The molecule has 0 aromatic heterocycles. The van der Waals surface area contributed by atoms with E-state index < -0.39 is 0 Å². The molecule has 1 aromatic carbocycles. The third-order valence-corrected chi connectivity index (χ3v) is 2.86. The number of anilines is 2. The Labute approximate surface area is 119 Å². The molecule has 0 aliphatic carbocycles. The largest absolute Gasteiger partial charge is 0.467 e. The lowest BCUT2D eigenvalue weighted by molar-refractivity contribution is -0.141. The van der Waals surface area contributed by atoms with Gasteiger partial charge in [0.05, 0.1) is 7.11 Å². The molecule has 0 bridgehead atoms. The van der Waals surface area contributed by atoms with E-state index in [2.05, 4.69) is 17.6 Å². The van der Waals surface area contributed by atoms with Gasteiger partial charge >= 0.3 is 5.97 Å². The Balaban J connectivity index is 2.76. The van der Waals surface area contributed by atoms with Crippen LogP contribution in [0.5, 0.6) is 0 Å². The number of carbonyl (C=O) groups is 2. The first kappa shape index (κ1) is 16.0. The number of ether oxygens (including phenoxy) is 1. The number of rotatable bonds is 7. The average molecular weight is 278 g/mol. The Hall–Kier alpha value is -2.04. The molecule has 0 saturated carbocycles. The van der Waals surface area contributed by atoms with Crippen molar-refractivity contribution in [3.8, 4) is 0 Å². The normalized spacial score (nSPS) is 11.6. The highest BCUT2D eigenvalue weighted by molar-refractivity contribution is 5.89. The third kappa shape index (κ3) is 5.30. The highest BCUT2D eigenvalue weighted by atomic mass is 16.5. The zero-order valence-corrected chi connectivity index (χ0v) is 12.2. The van der Waals surface area contributed by atoms with Gasteiger partial charge in [-0.3, -0.25) is 4.79 Å². The van der Waals surface area contributed by atoms with Crippen molar-refractivity contribution in [2.45, 2.75) is 39.2 Å². The molecule has 0 heterocycles. The number of esters is 1. The van der Waals surface area contributed by atoms with Crippen LogP contribution in [0.4, 0.5) is 11.4 Å². The van der Waals surface area contributed by atoms with Crippen molar-refractivity contribution in [1.82, 2.24) is 0 Å². The number of nitrogens with one attached hydrogen (secondary N) is 2. The summed E-state index contributed by atoms with van der Waals surface area (Å²) in [4.78, 5) is 22.8. The number of benzene rings is 1. The van der Waals surface area contributed by atoms with Crippen LogP contribution in [0.3, 0.4) is 0 Å². The highest BCUT2D eigenvalue weighted by Crippen LogP contribution is 2.17. The Kier molecular flexibility index (Phi) is 6.56. The standard InChI is InChI=1S/C15H22N2O3/c1-4-5-9-14(15(19)20-3)17-13-8-6-7-12(10-13)16-11(2)18/h6-8,10,14,17H,4-5,9H2,1-3H3,(H,16,18). The van der Waals surface area contributed by atoms with Crippen molar-refractivity contribution in [2.75, 3.05) is 17.7 Å². The fourth-order valence-corrected chi connectivity index (χ4v) is 1.89. The molecule has 110 valence electrons. The molecule has 20 heavy (non-hydrogen) atoms. The summed E-state index contributed by atoms with van der Waals surface area (Å²) in [6.07, 6.45) is 2.67. The lowest BCUT2D eigenvalue weighted by atomic mass is 10.1. The average Bonchev–Trinajstić information content (AvgIpc) is 2.42. The van der Waals surface area contributed by atoms with E-state index in [9.17, 15) is 9.59 Å². The fraction of sp³-hybridized carbons (Fsp3) is 0.467. The maximum absolute atomic E-state index is 11.7. The molecule has 1 unspecified atom stereocenters. The first-order valence-corrected chi connectivity index (χ1v) is 6.78. The van der Waals surface area contributed by atoms with Gasteiger partial charge < -0.3 is 15.4 Å². The van der Waals surface area contributed by atoms with Crippen LogP contribution in [0.2, 0.25) is 0 Å². The Morgan fingerprint density at radius 3 is 2.60 bits per heavy atom. The molecule has 1 rings (SSSR count). The Morgan fingerprint density at radius 2 is 2.00 bits per heavy atom. The minimum absolute atomic E-state index is 0.127. The molecule has 0 aliphatic rings. The summed E-state index contributed by atoms with van der Waals surface area (Å²) in [6, 6.07) is 6.90. The molecule has 0 fully saturated rings. The number of carbonyl (C=O) groups excluding carboxylic acids is 2. The molecule has 1 atom stereocenters. The topological polar surface area (TPSA) is 67.4 Å². The van der Waals surface area contributed by atoms with Crippen LogP contribution >= 0.6 is 0 Å². The summed E-state index contributed by atoms with van der Waals surface area (Å²) in [7, 11) is 1.39. The van der Waals surface area contributed by atoms with Gasteiger partial charge in [0.15, 0.2) is 0 Å². The minimum Gasteiger partial charge on any atom is -0.467 e. The second kappa shape index (κ2) is 8.19. The van der Waals surface area contributed by atoms with Gasteiger partial charge in [0.1, 0.15) is 6.04 Å². The second-order valence-corrected chi connectivity index (χ2v) is 4.62. The lowest BCUT2D eigenvalue weighted by Gasteiger charge is -2.18. The van der Waals surface area contributed by atoms with Crippen LogP contribution in [0.15, 0.2) is 24.3 Å². The van der Waals surface area contributed by atoms with Crippen molar-refractivity contribution in [2.24, 2.45) is 0 Å². The van der Waals surface area contributed by atoms with Crippen LogP contribution in [0.1, 0.15) is 33.1 Å². The van der Waals surface area contributed by atoms with Crippen molar-refractivity contribution in [1.29, 1.82) is 0 Å². The van der Waals surface area contributed by atoms with E-state index in [1.807, 2.05) is 12.1 Å². The van der Waals surface area contributed by atoms with Gasteiger partial charge in [-0.05, 0) is 24.6 Å². The van der Waals surface area contributed by atoms with E-state index in [0.29, 0.717) is 12.1 Å². The molecule has 2 N–H and O–H groups in total. The van der Waals surface area contributed by atoms with Gasteiger partial charge in [-0.25, -0.2) is 4.79 Å². The van der Waals surface area contributed by atoms with Crippen LogP contribution in [0, 0.1) is 0 Å². The molecule has 1 amide bonds. The van der Waals surface area contributed by atoms with E-state index in [0.717, 1.165) is 18.5 Å². The zero-order chi connectivity index (χ0) is 15.0. The number of methoxy groups -OCH3 is 1. The summed E-state index contributed by atoms with van der Waals surface area (Å²) in [5.41, 5.74) is 1.48. The van der Waals surface area contributed by atoms with E-state index in [1.165, 1.54) is 14.0 Å². The molecule has 1 aromatic rings. The number of unbranched alkanes of at least 4 members (excludes halogenated alkanes) is 1. The van der Waals surface area contributed by atoms with Crippen molar-refractivity contribution in [3.05, 3.63) is 24.3 Å². The first-order chi connectivity index (χ1) is 9.56. The predicted octanol–water partition coefficient (Wildman–Crippen LogP) is 2.79. The first-order valence-electron chi connectivity index (χ1n) is 6.78. The molecular weight excluding hydrogens is 256 g/mol. The van der Waals surface area contributed by atoms with Crippen LogP contribution < -0.4 is 10.6 Å². The van der Waals surface area contributed by atoms with Crippen LogP contribution in [-0.4, -0.2) is 25.0 Å². The molecule has 0 saturated heterocycles. The lowest BCUT2D eigenvalue weighted by Crippen LogP contribution is -2.30. The third-order valence-electron chi connectivity index (χ3n) is 2.86. The summed E-state index contributed by atoms with van der Waals surface area (Å²) in [6.45, 7) is 3.53. The van der Waals surface area contributed by atoms with Crippen molar-refractivity contribution < 1.29 is 14.3 Å². The van der Waals surface area contributed by atoms with Gasteiger partial charge in [0.25, 0.3) is 0 Å². The fourth-order valence-electron chi connectivity index (χ4n) is 1.89. The van der Waals surface area contributed by atoms with Crippen molar-refractivity contribution in [3.63, 3.8) is 0 Å². The number of hydrogen-bond acceptors (Lipinski definition) is 4. The van der Waals surface area contributed by atoms with Gasteiger partial charge in [-0.2, -0.15) is 0 Å². The Morgan fingerprint density at radius 1 is 1.30 bits per heavy atom. The zero-order valence-electron chi connectivity index (χ0n) is 12.2. The summed E-state index contributed by atoms with van der Waals surface area (Å²) in [5.74, 6) is -0.402. The molecular formula is C15H22N2O3. The molecule has 5 heteroatoms. The van der Waals surface area contributed by atoms with Gasteiger partial charge in [-0.15, -0.1) is 0 Å². The quantitative estimate of drug-likeness (QED) is 0.753. The van der Waals surface area contributed by atoms with E-state index in [4.69, 9.17) is 4.74 Å². The molecule has 0 aliphatic heterocycles. The molecule has 5 nitrogen and oxygen atoms in total. The minimum atomic E-state index is -0.368. The van der Waals surface area contributed by atoms with Gasteiger partial charge in [0, 0.05) is 18.3 Å². The predicted molar refractivity (Wildman–Crippen MR) is 79.7 cm³/mol. The van der Waals surface area contributed by atoms with Crippen LogP contribution in [-0.2, 0) is 14.3 Å². The summed E-state index contributed by atoms with van der Waals surface area (Å²) >= 11 is 0. The van der Waals surface area contributed by atoms with Crippen molar-refractivity contribution >= 4 is 23.3 Å².